The summed E-state index contributed by atoms with van der Waals surface area (Å²) in [4.78, 5) is 26.3. The van der Waals surface area contributed by atoms with Crippen molar-refractivity contribution in [3.63, 3.8) is 0 Å². The summed E-state index contributed by atoms with van der Waals surface area (Å²) in [5.74, 6) is -0.385. The molecule has 0 aliphatic carbocycles. The van der Waals surface area contributed by atoms with E-state index in [1.165, 1.54) is 24.9 Å². The zero-order chi connectivity index (χ0) is 18.2. The van der Waals surface area contributed by atoms with Gasteiger partial charge in [0, 0.05) is 24.5 Å². The van der Waals surface area contributed by atoms with Gasteiger partial charge in [-0.1, -0.05) is 30.3 Å². The van der Waals surface area contributed by atoms with Crippen molar-refractivity contribution in [3.05, 3.63) is 60.2 Å². The number of benzene rings is 2. The molecular formula is C21H25N3O2. The van der Waals surface area contributed by atoms with Crippen molar-refractivity contribution < 1.29 is 9.59 Å². The lowest BCUT2D eigenvalue weighted by Gasteiger charge is -2.28. The number of anilines is 2. The maximum atomic E-state index is 12.0. The minimum atomic E-state index is -0.225. The van der Waals surface area contributed by atoms with Crippen LogP contribution in [0.4, 0.5) is 11.4 Å². The second-order valence-electron chi connectivity index (χ2n) is 6.58. The smallest absolute Gasteiger partial charge is 0.243 e. The van der Waals surface area contributed by atoms with Crippen molar-refractivity contribution >= 4 is 23.2 Å². The highest BCUT2D eigenvalue weighted by Crippen LogP contribution is 2.21. The van der Waals surface area contributed by atoms with Gasteiger partial charge in [-0.05, 0) is 49.1 Å². The van der Waals surface area contributed by atoms with Gasteiger partial charge in [0.2, 0.25) is 11.8 Å². The van der Waals surface area contributed by atoms with Crippen LogP contribution in [0.5, 0.6) is 0 Å². The van der Waals surface area contributed by atoms with Crippen LogP contribution < -0.4 is 15.5 Å². The molecule has 0 bridgehead atoms. The molecule has 1 fully saturated rings. The van der Waals surface area contributed by atoms with Crippen LogP contribution in [0.1, 0.15) is 24.8 Å². The normalized spacial score (nSPS) is 13.9. The van der Waals surface area contributed by atoms with E-state index in [0.717, 1.165) is 24.3 Å². The first kappa shape index (κ1) is 18.0. The minimum absolute atomic E-state index is 0.0282. The Morgan fingerprint density at radius 3 is 2.23 bits per heavy atom. The summed E-state index contributed by atoms with van der Waals surface area (Å²) in [6.45, 7) is 2.16. The van der Waals surface area contributed by atoms with Gasteiger partial charge < -0.3 is 15.5 Å². The van der Waals surface area contributed by atoms with Crippen molar-refractivity contribution in [2.75, 3.05) is 29.9 Å². The van der Waals surface area contributed by atoms with Crippen LogP contribution in [0.25, 0.3) is 0 Å². The Bertz CT molecular complexity index is 723. The number of piperidine rings is 1. The monoisotopic (exact) mass is 351 g/mol. The van der Waals surface area contributed by atoms with Gasteiger partial charge >= 0.3 is 0 Å². The molecular weight excluding hydrogens is 326 g/mol. The Kier molecular flexibility index (Phi) is 6.25. The Hall–Kier alpha value is -2.82. The lowest BCUT2D eigenvalue weighted by atomic mass is 10.1. The fourth-order valence-electron chi connectivity index (χ4n) is 3.14. The number of amides is 2. The first-order valence-electron chi connectivity index (χ1n) is 9.16. The molecule has 2 amide bonds. The van der Waals surface area contributed by atoms with Crippen LogP contribution in [0.15, 0.2) is 54.6 Å². The number of hydrogen-bond donors (Lipinski definition) is 2. The maximum absolute atomic E-state index is 12.0. The van der Waals surface area contributed by atoms with Crippen LogP contribution in [0, 0.1) is 0 Å². The van der Waals surface area contributed by atoms with E-state index in [2.05, 4.69) is 15.5 Å². The standard InChI is InChI=1S/C21H25N3O2/c25-20(15-17-7-3-1-4-8-17)22-16-21(26)23-18-9-11-19(12-10-18)24-13-5-2-6-14-24/h1,3-4,7-12H,2,5-6,13-16H2,(H,22,25)(H,23,26). The summed E-state index contributed by atoms with van der Waals surface area (Å²) < 4.78 is 0. The number of nitrogens with one attached hydrogen (secondary N) is 2. The Morgan fingerprint density at radius 2 is 1.54 bits per heavy atom. The van der Waals surface area contributed by atoms with E-state index in [9.17, 15) is 9.59 Å². The quantitative estimate of drug-likeness (QED) is 0.841. The highest BCUT2D eigenvalue weighted by Gasteiger charge is 2.11. The SMILES string of the molecule is O=C(Cc1ccccc1)NCC(=O)Nc1ccc(N2CCCCC2)cc1. The van der Waals surface area contributed by atoms with Crippen LogP contribution >= 0.6 is 0 Å². The molecule has 3 rings (SSSR count). The van der Waals surface area contributed by atoms with Crippen LogP contribution in [0.2, 0.25) is 0 Å². The van der Waals surface area contributed by atoms with E-state index in [4.69, 9.17) is 0 Å². The first-order chi connectivity index (χ1) is 12.7. The average molecular weight is 351 g/mol. The molecule has 2 aromatic rings. The highest BCUT2D eigenvalue weighted by atomic mass is 16.2. The third kappa shape index (κ3) is 5.34. The third-order valence-corrected chi connectivity index (χ3v) is 4.53. The number of carbonyl (C=O) groups is 2. The molecule has 0 aromatic heterocycles. The predicted molar refractivity (Wildman–Crippen MR) is 104 cm³/mol. The molecule has 2 aromatic carbocycles. The molecule has 5 nitrogen and oxygen atoms in total. The van der Waals surface area contributed by atoms with Gasteiger partial charge in [0.15, 0.2) is 0 Å². The number of rotatable bonds is 6. The Balaban J connectivity index is 1.43. The van der Waals surface area contributed by atoms with Crippen molar-refractivity contribution in [2.24, 2.45) is 0 Å². The summed E-state index contributed by atoms with van der Waals surface area (Å²) in [5, 5.41) is 5.47. The number of hydrogen-bond acceptors (Lipinski definition) is 3. The van der Waals surface area contributed by atoms with Gasteiger partial charge in [0.25, 0.3) is 0 Å². The maximum Gasteiger partial charge on any atom is 0.243 e. The van der Waals surface area contributed by atoms with Gasteiger partial charge in [-0.2, -0.15) is 0 Å². The molecule has 0 radical (unpaired) electrons. The van der Waals surface area contributed by atoms with Gasteiger partial charge in [0.1, 0.15) is 0 Å². The second-order valence-corrected chi connectivity index (χ2v) is 6.58. The van der Waals surface area contributed by atoms with Crippen LogP contribution in [-0.4, -0.2) is 31.4 Å². The molecule has 0 unspecified atom stereocenters. The van der Waals surface area contributed by atoms with E-state index in [1.807, 2.05) is 54.6 Å². The molecule has 26 heavy (non-hydrogen) atoms. The summed E-state index contributed by atoms with van der Waals surface area (Å²) in [5.41, 5.74) is 2.87. The van der Waals surface area contributed by atoms with E-state index in [-0.39, 0.29) is 24.8 Å². The molecule has 1 aliphatic rings. The van der Waals surface area contributed by atoms with E-state index < -0.39 is 0 Å². The highest BCUT2D eigenvalue weighted by molar-refractivity contribution is 5.94. The van der Waals surface area contributed by atoms with Crippen molar-refractivity contribution in [1.82, 2.24) is 5.32 Å². The van der Waals surface area contributed by atoms with Crippen LogP contribution in [0.3, 0.4) is 0 Å². The summed E-state index contributed by atoms with van der Waals surface area (Å²) >= 11 is 0. The first-order valence-corrected chi connectivity index (χ1v) is 9.16. The van der Waals surface area contributed by atoms with Gasteiger partial charge in [-0.25, -0.2) is 0 Å². The molecule has 1 aliphatic heterocycles. The fourth-order valence-corrected chi connectivity index (χ4v) is 3.14. The molecule has 1 heterocycles. The zero-order valence-electron chi connectivity index (χ0n) is 14.9. The lowest BCUT2D eigenvalue weighted by Crippen LogP contribution is -2.33. The van der Waals surface area contributed by atoms with Crippen molar-refractivity contribution in [3.8, 4) is 0 Å². The van der Waals surface area contributed by atoms with E-state index in [1.54, 1.807) is 0 Å². The Morgan fingerprint density at radius 1 is 0.846 bits per heavy atom. The van der Waals surface area contributed by atoms with Crippen molar-refractivity contribution in [1.29, 1.82) is 0 Å². The zero-order valence-corrected chi connectivity index (χ0v) is 14.9. The number of carbonyl (C=O) groups excluding carboxylic acids is 2. The van der Waals surface area contributed by atoms with Crippen molar-refractivity contribution in [2.45, 2.75) is 25.7 Å². The largest absolute Gasteiger partial charge is 0.372 e. The molecule has 0 atom stereocenters. The summed E-state index contributed by atoms with van der Waals surface area (Å²) in [7, 11) is 0. The summed E-state index contributed by atoms with van der Waals surface area (Å²) in [6.07, 6.45) is 4.06. The lowest BCUT2D eigenvalue weighted by molar-refractivity contribution is -0.123. The average Bonchev–Trinajstić information content (AvgIpc) is 2.68. The minimum Gasteiger partial charge on any atom is -0.372 e. The van der Waals surface area contributed by atoms with Gasteiger partial charge in [-0.15, -0.1) is 0 Å². The number of nitrogens with zero attached hydrogens (tertiary/aromatic N) is 1. The van der Waals surface area contributed by atoms with Crippen LogP contribution in [-0.2, 0) is 16.0 Å². The predicted octanol–water partition coefficient (Wildman–Crippen LogP) is 2.97. The molecule has 1 saturated heterocycles. The molecule has 0 spiro atoms. The fraction of sp³-hybridized carbons (Fsp3) is 0.333. The molecule has 5 heteroatoms. The topological polar surface area (TPSA) is 61.4 Å². The van der Waals surface area contributed by atoms with Gasteiger partial charge in [0.05, 0.1) is 13.0 Å². The van der Waals surface area contributed by atoms with E-state index >= 15 is 0 Å². The molecule has 136 valence electrons. The van der Waals surface area contributed by atoms with Gasteiger partial charge in [-0.3, -0.25) is 9.59 Å². The molecule has 0 saturated carbocycles. The molecule has 2 N–H and O–H groups in total. The van der Waals surface area contributed by atoms with E-state index in [0.29, 0.717) is 0 Å². The summed E-state index contributed by atoms with van der Waals surface area (Å²) in [6, 6.07) is 17.4. The Labute approximate surface area is 154 Å². The third-order valence-electron chi connectivity index (χ3n) is 4.53. The second kappa shape index (κ2) is 9.04.